The highest BCUT2D eigenvalue weighted by Crippen LogP contribution is 2.18. The average molecular weight is 1080 g/mol. The summed E-state index contributed by atoms with van der Waals surface area (Å²) in [7, 11) is 5.93. The second kappa shape index (κ2) is 59.4. The third-order valence-electron chi connectivity index (χ3n) is 14.6. The van der Waals surface area contributed by atoms with Gasteiger partial charge in [0.05, 0.1) is 40.3 Å². The van der Waals surface area contributed by atoms with E-state index in [0.29, 0.717) is 17.4 Å². The van der Waals surface area contributed by atoms with Gasteiger partial charge in [0.1, 0.15) is 13.2 Å². The Morgan fingerprint density at radius 3 is 1.10 bits per heavy atom. The fourth-order valence-electron chi connectivity index (χ4n) is 9.59. The average Bonchev–Trinajstić information content (AvgIpc) is 3.40. The van der Waals surface area contributed by atoms with E-state index in [-0.39, 0.29) is 32.2 Å². The maximum absolute atomic E-state index is 12.9. The molecular formula is C68H125NO8. The number of quaternary nitrogens is 1. The lowest BCUT2D eigenvalue weighted by Crippen LogP contribution is -2.44. The molecule has 0 fully saturated rings. The number of carboxylic acids is 1. The number of aliphatic carboxylic acids is 1. The molecule has 0 radical (unpaired) electrons. The Bertz CT molecular complexity index is 1400. The first-order chi connectivity index (χ1) is 37.6. The number of carbonyl (C=O) groups excluding carboxylic acids is 3. The maximum atomic E-state index is 12.9. The van der Waals surface area contributed by atoms with Gasteiger partial charge in [-0.05, 0) is 51.4 Å². The smallest absolute Gasteiger partial charge is 0.306 e. The van der Waals surface area contributed by atoms with Crippen LogP contribution in [0.15, 0.2) is 48.6 Å². The number of rotatable bonds is 61. The minimum absolute atomic E-state index is 0.151. The summed E-state index contributed by atoms with van der Waals surface area (Å²) >= 11 is 0. The predicted molar refractivity (Wildman–Crippen MR) is 325 cm³/mol. The molecule has 450 valence electrons. The minimum atomic E-state index is -1.62. The molecule has 0 aliphatic carbocycles. The zero-order chi connectivity index (χ0) is 56.2. The van der Waals surface area contributed by atoms with E-state index in [4.69, 9.17) is 18.9 Å². The zero-order valence-corrected chi connectivity index (χ0v) is 51.3. The van der Waals surface area contributed by atoms with Crippen LogP contribution in [0.4, 0.5) is 0 Å². The van der Waals surface area contributed by atoms with Gasteiger partial charge in [-0.3, -0.25) is 9.59 Å². The topological polar surface area (TPSA) is 111 Å². The normalized spacial score (nSPS) is 13.0. The van der Waals surface area contributed by atoms with Crippen molar-refractivity contribution in [3.05, 3.63) is 48.6 Å². The Hall–Kier alpha value is -2.75. The van der Waals surface area contributed by atoms with Crippen molar-refractivity contribution >= 4 is 17.9 Å². The third kappa shape index (κ3) is 60.7. The van der Waals surface area contributed by atoms with Gasteiger partial charge in [0.15, 0.2) is 12.4 Å². The summed E-state index contributed by atoms with van der Waals surface area (Å²) in [4.78, 5) is 37.2. The number of esters is 2. The number of likely N-dealkylation sites (N-methyl/N-ethyl adjacent to an activating group) is 1. The molecule has 0 aliphatic heterocycles. The number of carboxylic acid groups (broad SMARTS) is 1. The molecule has 0 amide bonds. The maximum Gasteiger partial charge on any atom is 0.306 e. The summed E-state index contributed by atoms with van der Waals surface area (Å²) < 4.78 is 22.7. The predicted octanol–water partition coefficient (Wildman–Crippen LogP) is 18.5. The largest absolute Gasteiger partial charge is 0.545 e. The Morgan fingerprint density at radius 2 is 0.740 bits per heavy atom. The van der Waals surface area contributed by atoms with Crippen LogP contribution < -0.4 is 5.11 Å². The lowest BCUT2D eigenvalue weighted by atomic mass is 10.0. The number of nitrogens with zero attached hydrogens (tertiary/aromatic N) is 1. The van der Waals surface area contributed by atoms with Gasteiger partial charge in [-0.25, -0.2) is 0 Å². The van der Waals surface area contributed by atoms with Crippen molar-refractivity contribution in [3.8, 4) is 0 Å². The van der Waals surface area contributed by atoms with Gasteiger partial charge in [0.2, 0.25) is 0 Å². The molecule has 0 saturated heterocycles. The van der Waals surface area contributed by atoms with E-state index in [1.807, 2.05) is 21.1 Å². The van der Waals surface area contributed by atoms with Crippen molar-refractivity contribution in [1.82, 2.24) is 0 Å². The van der Waals surface area contributed by atoms with Crippen LogP contribution in [0, 0.1) is 0 Å². The van der Waals surface area contributed by atoms with E-state index in [1.165, 1.54) is 218 Å². The Labute approximate surface area is 476 Å². The number of unbranched alkanes of at least 4 members (excludes halogenated alkanes) is 38. The second-order valence-corrected chi connectivity index (χ2v) is 23.4. The van der Waals surface area contributed by atoms with Crippen LogP contribution in [0.25, 0.3) is 0 Å². The van der Waals surface area contributed by atoms with Crippen molar-refractivity contribution in [2.45, 2.75) is 322 Å². The quantitative estimate of drug-likeness (QED) is 0.0195. The first-order valence-electron chi connectivity index (χ1n) is 32.8. The van der Waals surface area contributed by atoms with Gasteiger partial charge in [-0.2, -0.15) is 0 Å². The van der Waals surface area contributed by atoms with Crippen molar-refractivity contribution in [2.24, 2.45) is 0 Å². The Balaban J connectivity index is 3.85. The molecule has 9 heteroatoms. The summed E-state index contributed by atoms with van der Waals surface area (Å²) in [5.74, 6) is -2.26. The Morgan fingerprint density at radius 1 is 0.403 bits per heavy atom. The van der Waals surface area contributed by atoms with Gasteiger partial charge >= 0.3 is 11.9 Å². The molecule has 0 aromatic heterocycles. The highest BCUT2D eigenvalue weighted by Gasteiger charge is 2.22. The Kier molecular flexibility index (Phi) is 57.3. The molecule has 2 unspecified atom stereocenters. The van der Waals surface area contributed by atoms with Gasteiger partial charge in [0, 0.05) is 12.8 Å². The summed E-state index contributed by atoms with van der Waals surface area (Å²) in [6.45, 7) is 4.66. The van der Waals surface area contributed by atoms with E-state index in [2.05, 4.69) is 62.5 Å². The molecule has 0 aliphatic rings. The van der Waals surface area contributed by atoms with Crippen LogP contribution in [0.1, 0.15) is 309 Å². The van der Waals surface area contributed by atoms with Crippen LogP contribution in [0.5, 0.6) is 0 Å². The standard InChI is InChI=1S/C68H125NO8/c1-6-8-10-12-14-16-18-19-20-21-22-23-24-25-26-27-28-29-30-31-32-33-34-35-36-37-38-39-40-41-42-43-44-45-46-47-49-51-53-55-57-59-66(71)77-64(63-76-68(67(72)73)74-61-60-69(3,4)5)62-75-65(70)58-56-54-52-50-48-17-15-13-11-9-7-2/h8,10,14,16,19-20,22-23,64,68H,6-7,9,11-13,15,17-18,21,24-63H2,1-5H3/b10-8-,16-14-,20-19-,23-22-. The highest BCUT2D eigenvalue weighted by atomic mass is 16.7. The summed E-state index contributed by atoms with van der Waals surface area (Å²) in [5.41, 5.74) is 0. The molecule has 0 spiro atoms. The van der Waals surface area contributed by atoms with Crippen molar-refractivity contribution < 1.29 is 42.9 Å². The fourth-order valence-corrected chi connectivity index (χ4v) is 9.59. The lowest BCUT2D eigenvalue weighted by molar-refractivity contribution is -0.870. The summed E-state index contributed by atoms with van der Waals surface area (Å²) in [6.07, 6.45) is 72.2. The van der Waals surface area contributed by atoms with Crippen molar-refractivity contribution in [3.63, 3.8) is 0 Å². The van der Waals surface area contributed by atoms with Crippen LogP contribution in [-0.2, 0) is 33.3 Å². The van der Waals surface area contributed by atoms with Crippen molar-refractivity contribution in [2.75, 3.05) is 47.5 Å². The minimum Gasteiger partial charge on any atom is -0.545 e. The van der Waals surface area contributed by atoms with E-state index >= 15 is 0 Å². The number of hydrogen-bond acceptors (Lipinski definition) is 8. The highest BCUT2D eigenvalue weighted by molar-refractivity contribution is 5.70. The molecule has 77 heavy (non-hydrogen) atoms. The number of carbonyl (C=O) groups is 3. The molecule has 0 saturated carbocycles. The van der Waals surface area contributed by atoms with Crippen LogP contribution in [-0.4, -0.2) is 82.3 Å². The summed E-state index contributed by atoms with van der Waals surface area (Å²) in [6, 6.07) is 0. The van der Waals surface area contributed by atoms with E-state index in [0.717, 1.165) is 64.2 Å². The number of hydrogen-bond donors (Lipinski definition) is 0. The van der Waals surface area contributed by atoms with Gasteiger partial charge in [-0.1, -0.05) is 294 Å². The molecule has 9 nitrogen and oxygen atoms in total. The van der Waals surface area contributed by atoms with Gasteiger partial charge in [-0.15, -0.1) is 0 Å². The molecule has 0 N–H and O–H groups in total. The summed E-state index contributed by atoms with van der Waals surface area (Å²) in [5, 5.41) is 11.8. The molecular weight excluding hydrogens is 959 g/mol. The van der Waals surface area contributed by atoms with Crippen molar-refractivity contribution in [1.29, 1.82) is 0 Å². The third-order valence-corrected chi connectivity index (χ3v) is 14.6. The van der Waals surface area contributed by atoms with Crippen LogP contribution in [0.3, 0.4) is 0 Å². The first-order valence-corrected chi connectivity index (χ1v) is 32.8. The molecule has 0 aromatic rings. The zero-order valence-electron chi connectivity index (χ0n) is 51.3. The molecule has 0 bridgehead atoms. The fraction of sp³-hybridized carbons (Fsp3) is 0.838. The SMILES string of the molecule is CC/C=C\C/C=C\C/C=C\C/C=C\CCCCCCCCCCCCCCCCCCCCCCCCCCCCCCC(=O)OC(COC(=O)CCCCCCCCCCCCC)COC(OCC[N+](C)(C)C)C(=O)[O-]. The molecule has 0 heterocycles. The monoisotopic (exact) mass is 1080 g/mol. The van der Waals surface area contributed by atoms with Gasteiger partial charge < -0.3 is 33.3 Å². The molecule has 0 aromatic carbocycles. The number of ether oxygens (including phenoxy) is 4. The van der Waals surface area contributed by atoms with Gasteiger partial charge in [0.25, 0.3) is 0 Å². The second-order valence-electron chi connectivity index (χ2n) is 23.4. The van der Waals surface area contributed by atoms with Crippen LogP contribution >= 0.6 is 0 Å². The molecule has 0 rings (SSSR count). The van der Waals surface area contributed by atoms with E-state index in [1.54, 1.807) is 0 Å². The number of allylic oxidation sites excluding steroid dienone is 8. The van der Waals surface area contributed by atoms with E-state index in [9.17, 15) is 19.5 Å². The lowest BCUT2D eigenvalue weighted by Gasteiger charge is -2.26. The van der Waals surface area contributed by atoms with E-state index < -0.39 is 24.3 Å². The first kappa shape index (κ1) is 74.2. The van der Waals surface area contributed by atoms with Crippen LogP contribution in [0.2, 0.25) is 0 Å². The molecule has 2 atom stereocenters.